The van der Waals surface area contributed by atoms with Gasteiger partial charge in [-0.1, -0.05) is 127 Å². The first kappa shape index (κ1) is 35.1. The highest BCUT2D eigenvalue weighted by Gasteiger charge is 2.22. The van der Waals surface area contributed by atoms with Gasteiger partial charge in [0, 0.05) is 61.5 Å². The summed E-state index contributed by atoms with van der Waals surface area (Å²) in [4.78, 5) is 20.4. The van der Waals surface area contributed by atoms with Gasteiger partial charge in [-0.25, -0.2) is 4.98 Å². The summed E-state index contributed by atoms with van der Waals surface area (Å²) in [7, 11) is 0. The van der Waals surface area contributed by atoms with Crippen LogP contribution in [0.25, 0.3) is 117 Å². The lowest BCUT2D eigenvalue weighted by atomic mass is 10.0. The number of nitrogens with zero attached hydrogens (tertiary/aromatic N) is 7. The maximum absolute atomic E-state index is 5.39. The van der Waals surface area contributed by atoms with Gasteiger partial charge in [0.1, 0.15) is 0 Å². The van der Waals surface area contributed by atoms with Crippen molar-refractivity contribution in [3.8, 4) is 51.2 Å². The van der Waals surface area contributed by atoms with E-state index in [-0.39, 0.29) is 0 Å². The van der Waals surface area contributed by atoms with Crippen LogP contribution in [0, 0.1) is 0 Å². The Balaban J connectivity index is 1.01. The summed E-state index contributed by atoms with van der Waals surface area (Å²) in [6, 6.07) is 70.5. The molecular formula is C56H35N7. The van der Waals surface area contributed by atoms with Crippen LogP contribution < -0.4 is 0 Å². The molecule has 0 spiro atoms. The Hall–Kier alpha value is -8.68. The maximum Gasteiger partial charge on any atom is 0.238 e. The quantitative estimate of drug-likeness (QED) is 0.168. The van der Waals surface area contributed by atoms with Gasteiger partial charge in [-0.2, -0.15) is 9.97 Å². The molecule has 0 unspecified atom stereocenters. The van der Waals surface area contributed by atoms with E-state index in [1.165, 1.54) is 21.8 Å². The SMILES string of the molecule is c1ccc(-c2nc(-c3ccccc3-n3c4ccccc4c4cnccc43)nc(-n3c4ccccc4c4cc(-c5ccc6c(c5)c5ccccc5n6-c5ccccc5)ccc43)n2)cc1. The molecule has 0 atom stereocenters. The van der Waals surface area contributed by atoms with E-state index < -0.39 is 0 Å². The maximum atomic E-state index is 5.39. The van der Waals surface area contributed by atoms with Crippen LogP contribution in [0.4, 0.5) is 0 Å². The molecule has 5 heterocycles. The molecule has 0 bridgehead atoms. The fourth-order valence-electron chi connectivity index (χ4n) is 9.61. The summed E-state index contributed by atoms with van der Waals surface area (Å²) in [5.41, 5.74) is 12.8. The van der Waals surface area contributed by atoms with Crippen LogP contribution in [0.1, 0.15) is 0 Å². The molecule has 13 rings (SSSR count). The first-order valence-electron chi connectivity index (χ1n) is 21.1. The summed E-state index contributed by atoms with van der Waals surface area (Å²) in [6.07, 6.45) is 3.80. The first-order valence-corrected chi connectivity index (χ1v) is 21.1. The molecule has 8 aromatic carbocycles. The van der Waals surface area contributed by atoms with Crippen molar-refractivity contribution in [2.45, 2.75) is 0 Å². The van der Waals surface area contributed by atoms with Crippen LogP contribution in [0.3, 0.4) is 0 Å². The molecule has 0 fully saturated rings. The fourth-order valence-corrected chi connectivity index (χ4v) is 9.61. The molecule has 5 aromatic heterocycles. The Kier molecular flexibility index (Phi) is 7.77. The normalized spacial score (nSPS) is 11.8. The van der Waals surface area contributed by atoms with Crippen molar-refractivity contribution in [1.82, 2.24) is 33.6 Å². The van der Waals surface area contributed by atoms with Crippen LogP contribution in [0.5, 0.6) is 0 Å². The highest BCUT2D eigenvalue weighted by molar-refractivity contribution is 6.13. The molecule has 0 aliphatic rings. The number of benzene rings is 8. The summed E-state index contributed by atoms with van der Waals surface area (Å²) < 4.78 is 6.85. The Morgan fingerprint density at radius 3 is 1.52 bits per heavy atom. The average Bonchev–Trinajstić information content (AvgIpc) is 4.00. The molecule has 0 saturated carbocycles. The zero-order valence-corrected chi connectivity index (χ0v) is 33.8. The van der Waals surface area contributed by atoms with E-state index in [0.717, 1.165) is 77.2 Å². The Morgan fingerprint density at radius 2 is 0.825 bits per heavy atom. The van der Waals surface area contributed by atoms with Crippen LogP contribution in [-0.4, -0.2) is 33.6 Å². The van der Waals surface area contributed by atoms with Gasteiger partial charge in [-0.05, 0) is 83.9 Å². The van der Waals surface area contributed by atoms with Gasteiger partial charge in [-0.15, -0.1) is 0 Å². The summed E-state index contributed by atoms with van der Waals surface area (Å²) in [5.74, 6) is 1.73. The smallest absolute Gasteiger partial charge is 0.238 e. The minimum Gasteiger partial charge on any atom is -0.309 e. The number of rotatable bonds is 6. The van der Waals surface area contributed by atoms with Crippen molar-refractivity contribution in [2.24, 2.45) is 0 Å². The van der Waals surface area contributed by atoms with Gasteiger partial charge in [0.2, 0.25) is 5.95 Å². The summed E-state index contributed by atoms with van der Waals surface area (Å²) in [5, 5.41) is 6.93. The van der Waals surface area contributed by atoms with Gasteiger partial charge in [0.25, 0.3) is 0 Å². The zero-order chi connectivity index (χ0) is 41.4. The van der Waals surface area contributed by atoms with Crippen LogP contribution in [0.2, 0.25) is 0 Å². The molecule has 294 valence electrons. The van der Waals surface area contributed by atoms with Crippen LogP contribution in [-0.2, 0) is 0 Å². The van der Waals surface area contributed by atoms with Crippen LogP contribution >= 0.6 is 0 Å². The summed E-state index contributed by atoms with van der Waals surface area (Å²) >= 11 is 0. The topological polar surface area (TPSA) is 66.3 Å². The molecule has 0 saturated heterocycles. The standard InChI is InChI=1S/C56H35N7/c1-3-15-36(16-4-1)54-58-55(43-22-10-14-26-50(43)62-48-24-12-9-21-42(48)46-35-57-32-31-53(46)62)60-56(59-54)63-49-25-13-8-20-41(49)45-34-38(28-30-52(45)63)37-27-29-51-44(33-37)40-19-7-11-23-47(40)61(51)39-17-5-2-6-18-39/h1-35H. The zero-order valence-electron chi connectivity index (χ0n) is 33.8. The molecule has 0 amide bonds. The molecule has 7 heteroatoms. The lowest BCUT2D eigenvalue weighted by Crippen LogP contribution is -2.07. The van der Waals surface area contributed by atoms with E-state index in [1.54, 1.807) is 0 Å². The first-order chi connectivity index (χ1) is 31.3. The Bertz CT molecular complexity index is 3860. The molecule has 0 aliphatic heterocycles. The van der Waals surface area contributed by atoms with Gasteiger partial charge in [0.05, 0.1) is 38.8 Å². The van der Waals surface area contributed by atoms with E-state index in [1.807, 2.05) is 30.6 Å². The average molecular weight is 806 g/mol. The van der Waals surface area contributed by atoms with Gasteiger partial charge >= 0.3 is 0 Å². The molecular weight excluding hydrogens is 771 g/mol. The second kappa shape index (κ2) is 13.9. The largest absolute Gasteiger partial charge is 0.309 e. The molecule has 0 radical (unpaired) electrons. The van der Waals surface area contributed by atoms with Gasteiger partial charge in [0.15, 0.2) is 11.6 Å². The lowest BCUT2D eigenvalue weighted by Gasteiger charge is -2.15. The van der Waals surface area contributed by atoms with E-state index in [9.17, 15) is 0 Å². The van der Waals surface area contributed by atoms with Crippen molar-refractivity contribution in [3.05, 3.63) is 213 Å². The number of para-hydroxylation sites is 5. The number of aromatic nitrogens is 7. The van der Waals surface area contributed by atoms with Crippen molar-refractivity contribution >= 4 is 65.4 Å². The number of fused-ring (bicyclic) bond motifs is 9. The number of hydrogen-bond donors (Lipinski definition) is 0. The van der Waals surface area contributed by atoms with Crippen molar-refractivity contribution in [3.63, 3.8) is 0 Å². The van der Waals surface area contributed by atoms with Crippen LogP contribution in [0.15, 0.2) is 213 Å². The third-order valence-corrected chi connectivity index (χ3v) is 12.4. The van der Waals surface area contributed by atoms with E-state index in [2.05, 4.69) is 201 Å². The third kappa shape index (κ3) is 5.46. The molecule has 13 aromatic rings. The molecule has 63 heavy (non-hydrogen) atoms. The highest BCUT2D eigenvalue weighted by Crippen LogP contribution is 2.40. The monoisotopic (exact) mass is 805 g/mol. The Labute approximate surface area is 361 Å². The molecule has 7 nitrogen and oxygen atoms in total. The molecule has 0 aliphatic carbocycles. The second-order valence-electron chi connectivity index (χ2n) is 15.9. The number of hydrogen-bond acceptors (Lipinski definition) is 4. The van der Waals surface area contributed by atoms with Gasteiger partial charge < -0.3 is 9.13 Å². The minimum atomic E-state index is 0.550. The van der Waals surface area contributed by atoms with Crippen molar-refractivity contribution in [1.29, 1.82) is 0 Å². The predicted octanol–water partition coefficient (Wildman–Crippen LogP) is 13.6. The number of pyridine rings is 1. The Morgan fingerprint density at radius 1 is 0.317 bits per heavy atom. The minimum absolute atomic E-state index is 0.550. The van der Waals surface area contributed by atoms with E-state index in [4.69, 9.17) is 15.0 Å². The molecule has 0 N–H and O–H groups in total. The predicted molar refractivity (Wildman–Crippen MR) is 257 cm³/mol. The lowest BCUT2D eigenvalue weighted by molar-refractivity contribution is 0.951. The van der Waals surface area contributed by atoms with E-state index in [0.29, 0.717) is 17.6 Å². The van der Waals surface area contributed by atoms with Gasteiger partial charge in [-0.3, -0.25) is 9.55 Å². The second-order valence-corrected chi connectivity index (χ2v) is 15.9. The highest BCUT2D eigenvalue weighted by atomic mass is 15.2. The fraction of sp³-hybridized carbons (Fsp3) is 0. The van der Waals surface area contributed by atoms with Crippen molar-refractivity contribution < 1.29 is 0 Å². The summed E-state index contributed by atoms with van der Waals surface area (Å²) in [6.45, 7) is 0. The third-order valence-electron chi connectivity index (χ3n) is 12.4. The van der Waals surface area contributed by atoms with E-state index >= 15 is 0 Å². The van der Waals surface area contributed by atoms with Crippen molar-refractivity contribution in [2.75, 3.05) is 0 Å².